The van der Waals surface area contributed by atoms with E-state index in [9.17, 15) is 4.79 Å². The number of benzene rings is 1. The van der Waals surface area contributed by atoms with E-state index in [-0.39, 0.29) is 12.4 Å². The predicted molar refractivity (Wildman–Crippen MR) is 65.9 cm³/mol. The number of Topliss-reactive ketones (excluding diaryl/α,β-unsaturated/α-hetero) is 1. The minimum atomic E-state index is -0.646. The third-order valence-electron chi connectivity index (χ3n) is 2.62. The van der Waals surface area contributed by atoms with Crippen molar-refractivity contribution in [3.05, 3.63) is 42.2 Å². The fourth-order valence-corrected chi connectivity index (χ4v) is 1.77. The van der Waals surface area contributed by atoms with Crippen molar-refractivity contribution in [3.8, 4) is 0 Å². The lowest BCUT2D eigenvalue weighted by molar-refractivity contribution is 0.0893. The molecule has 0 fully saturated rings. The monoisotopic (exact) mass is 230 g/mol. The highest BCUT2D eigenvalue weighted by Gasteiger charge is 2.17. The second-order valence-electron chi connectivity index (χ2n) is 3.83. The van der Waals surface area contributed by atoms with E-state index in [4.69, 9.17) is 10.5 Å². The molecule has 1 heterocycles. The molecule has 0 saturated carbocycles. The first-order valence-electron chi connectivity index (χ1n) is 5.35. The van der Waals surface area contributed by atoms with Gasteiger partial charge in [-0.25, -0.2) is 0 Å². The van der Waals surface area contributed by atoms with Crippen LogP contribution in [0.15, 0.2) is 36.7 Å². The number of ketones is 1. The molecule has 88 valence electrons. The number of carbonyl (C=O) groups is 1. The summed E-state index contributed by atoms with van der Waals surface area (Å²) >= 11 is 0. The Balaban J connectivity index is 2.45. The molecule has 2 aromatic rings. The highest BCUT2D eigenvalue weighted by Crippen LogP contribution is 2.18. The van der Waals surface area contributed by atoms with Crippen molar-refractivity contribution < 1.29 is 9.53 Å². The van der Waals surface area contributed by atoms with E-state index >= 15 is 0 Å². The fourth-order valence-electron chi connectivity index (χ4n) is 1.77. The summed E-state index contributed by atoms with van der Waals surface area (Å²) < 4.78 is 4.89. The average molecular weight is 230 g/mol. The van der Waals surface area contributed by atoms with Crippen LogP contribution in [0.1, 0.15) is 10.4 Å². The summed E-state index contributed by atoms with van der Waals surface area (Å²) in [6.07, 6.45) is 3.29. The molecule has 0 bridgehead atoms. The van der Waals surface area contributed by atoms with E-state index in [0.717, 1.165) is 10.8 Å². The van der Waals surface area contributed by atoms with Crippen molar-refractivity contribution in [3.63, 3.8) is 0 Å². The summed E-state index contributed by atoms with van der Waals surface area (Å²) in [7, 11) is 1.52. The standard InChI is InChI=1S/C13H14N2O2/c1-17-8-12(14)13(16)11-7-15-6-9-4-2-3-5-10(9)11/h2-7,12H,8,14H2,1H3. The lowest BCUT2D eigenvalue weighted by Gasteiger charge is -2.10. The van der Waals surface area contributed by atoms with Gasteiger partial charge in [0.15, 0.2) is 5.78 Å². The van der Waals surface area contributed by atoms with Gasteiger partial charge in [-0.05, 0) is 5.39 Å². The lowest BCUT2D eigenvalue weighted by Crippen LogP contribution is -2.35. The van der Waals surface area contributed by atoms with Gasteiger partial charge in [0.1, 0.15) is 0 Å². The van der Waals surface area contributed by atoms with Crippen LogP contribution in [0.4, 0.5) is 0 Å². The molecular formula is C13H14N2O2. The largest absolute Gasteiger partial charge is 0.383 e. The number of fused-ring (bicyclic) bond motifs is 1. The van der Waals surface area contributed by atoms with Gasteiger partial charge in [-0.3, -0.25) is 9.78 Å². The Hall–Kier alpha value is -1.78. The molecule has 1 atom stereocenters. The van der Waals surface area contributed by atoms with Gasteiger partial charge in [-0.2, -0.15) is 0 Å². The van der Waals surface area contributed by atoms with Gasteiger partial charge in [0.25, 0.3) is 0 Å². The van der Waals surface area contributed by atoms with Crippen molar-refractivity contribution in [2.45, 2.75) is 6.04 Å². The zero-order chi connectivity index (χ0) is 12.3. The first-order valence-corrected chi connectivity index (χ1v) is 5.35. The average Bonchev–Trinajstić information content (AvgIpc) is 2.37. The van der Waals surface area contributed by atoms with Crippen molar-refractivity contribution in [1.82, 2.24) is 4.98 Å². The van der Waals surface area contributed by atoms with Crippen LogP contribution < -0.4 is 5.73 Å². The van der Waals surface area contributed by atoms with Gasteiger partial charge in [0, 0.05) is 30.5 Å². The minimum absolute atomic E-state index is 0.142. The molecule has 0 amide bonds. The Labute approximate surface area is 99.4 Å². The number of aromatic nitrogens is 1. The number of rotatable bonds is 4. The summed E-state index contributed by atoms with van der Waals surface area (Å²) in [6.45, 7) is 0.210. The molecule has 4 nitrogen and oxygen atoms in total. The topological polar surface area (TPSA) is 65.2 Å². The molecule has 1 aromatic heterocycles. The summed E-state index contributed by atoms with van der Waals surface area (Å²) in [5.41, 5.74) is 6.30. The van der Waals surface area contributed by atoms with E-state index in [0.29, 0.717) is 5.56 Å². The van der Waals surface area contributed by atoms with Gasteiger partial charge in [-0.15, -0.1) is 0 Å². The van der Waals surface area contributed by atoms with E-state index in [1.54, 1.807) is 12.4 Å². The van der Waals surface area contributed by atoms with Crippen molar-refractivity contribution in [1.29, 1.82) is 0 Å². The van der Waals surface area contributed by atoms with Crippen LogP contribution >= 0.6 is 0 Å². The molecule has 0 saturated heterocycles. The van der Waals surface area contributed by atoms with Crippen molar-refractivity contribution >= 4 is 16.6 Å². The van der Waals surface area contributed by atoms with Gasteiger partial charge in [0.05, 0.1) is 12.6 Å². The molecular weight excluding hydrogens is 216 g/mol. The summed E-state index contributed by atoms with van der Waals surface area (Å²) in [5.74, 6) is -0.142. The maximum absolute atomic E-state index is 12.1. The second-order valence-corrected chi connectivity index (χ2v) is 3.83. The number of hydrogen-bond acceptors (Lipinski definition) is 4. The van der Waals surface area contributed by atoms with Gasteiger partial charge in [-0.1, -0.05) is 24.3 Å². The van der Waals surface area contributed by atoms with E-state index in [1.165, 1.54) is 7.11 Å². The zero-order valence-corrected chi connectivity index (χ0v) is 9.59. The number of ether oxygens (including phenoxy) is 1. The van der Waals surface area contributed by atoms with E-state index in [2.05, 4.69) is 4.98 Å². The Morgan fingerprint density at radius 3 is 2.94 bits per heavy atom. The molecule has 2 N–H and O–H groups in total. The lowest BCUT2D eigenvalue weighted by atomic mass is 10.0. The second kappa shape index (κ2) is 5.03. The molecule has 0 aliphatic carbocycles. The Morgan fingerprint density at radius 1 is 1.41 bits per heavy atom. The number of methoxy groups -OCH3 is 1. The van der Waals surface area contributed by atoms with Crippen molar-refractivity contribution in [2.24, 2.45) is 5.73 Å². The van der Waals surface area contributed by atoms with Crippen LogP contribution in [0.2, 0.25) is 0 Å². The number of hydrogen-bond donors (Lipinski definition) is 1. The molecule has 0 spiro atoms. The molecule has 2 rings (SSSR count). The van der Waals surface area contributed by atoms with Crippen LogP contribution in [0, 0.1) is 0 Å². The van der Waals surface area contributed by atoms with Gasteiger partial charge < -0.3 is 10.5 Å². The Morgan fingerprint density at radius 2 is 2.18 bits per heavy atom. The first kappa shape index (κ1) is 11.7. The smallest absolute Gasteiger partial charge is 0.184 e. The summed E-state index contributed by atoms with van der Waals surface area (Å²) in [5, 5.41) is 1.81. The highest BCUT2D eigenvalue weighted by molar-refractivity contribution is 6.10. The summed E-state index contributed by atoms with van der Waals surface area (Å²) in [4.78, 5) is 16.2. The molecule has 0 aliphatic rings. The highest BCUT2D eigenvalue weighted by atomic mass is 16.5. The molecule has 0 radical (unpaired) electrons. The normalized spacial score (nSPS) is 12.6. The first-order chi connectivity index (χ1) is 8.24. The SMILES string of the molecule is COCC(N)C(=O)c1cncc2ccccc12. The minimum Gasteiger partial charge on any atom is -0.383 e. The Bertz CT molecular complexity index is 534. The van der Waals surface area contributed by atoms with Gasteiger partial charge >= 0.3 is 0 Å². The molecule has 1 unspecified atom stereocenters. The van der Waals surface area contributed by atoms with Crippen LogP contribution in [-0.4, -0.2) is 30.5 Å². The molecule has 4 heteroatoms. The van der Waals surface area contributed by atoms with E-state index < -0.39 is 6.04 Å². The summed E-state index contributed by atoms with van der Waals surface area (Å²) in [6, 6.07) is 6.96. The molecule has 1 aromatic carbocycles. The number of nitrogens with two attached hydrogens (primary N) is 1. The Kier molecular flexibility index (Phi) is 3.46. The molecule has 0 aliphatic heterocycles. The third-order valence-corrected chi connectivity index (χ3v) is 2.62. The fraction of sp³-hybridized carbons (Fsp3) is 0.231. The number of nitrogens with zero attached hydrogens (tertiary/aromatic N) is 1. The maximum Gasteiger partial charge on any atom is 0.184 e. The van der Waals surface area contributed by atoms with Crippen LogP contribution in [-0.2, 0) is 4.74 Å². The third kappa shape index (κ3) is 2.33. The number of pyridine rings is 1. The number of carbonyl (C=O) groups excluding carboxylic acids is 1. The van der Waals surface area contributed by atoms with Gasteiger partial charge in [0.2, 0.25) is 0 Å². The van der Waals surface area contributed by atoms with Crippen LogP contribution in [0.3, 0.4) is 0 Å². The zero-order valence-electron chi connectivity index (χ0n) is 9.59. The maximum atomic E-state index is 12.1. The van der Waals surface area contributed by atoms with E-state index in [1.807, 2.05) is 24.3 Å². The van der Waals surface area contributed by atoms with Crippen LogP contribution in [0.5, 0.6) is 0 Å². The predicted octanol–water partition coefficient (Wildman–Crippen LogP) is 1.39. The van der Waals surface area contributed by atoms with Crippen LogP contribution in [0.25, 0.3) is 10.8 Å². The quantitative estimate of drug-likeness (QED) is 0.806. The van der Waals surface area contributed by atoms with Crippen molar-refractivity contribution in [2.75, 3.05) is 13.7 Å². The molecule has 17 heavy (non-hydrogen) atoms.